The molecule has 1 aliphatic rings. The number of ether oxygens (including phenoxy) is 1. The second kappa shape index (κ2) is 7.11. The van der Waals surface area contributed by atoms with Crippen molar-refractivity contribution in [2.45, 2.75) is 23.7 Å². The van der Waals surface area contributed by atoms with Gasteiger partial charge in [-0.25, -0.2) is 22.3 Å². The molecule has 0 radical (unpaired) electrons. The quantitative estimate of drug-likeness (QED) is 0.831. The molecule has 0 bridgehead atoms. The zero-order valence-corrected chi connectivity index (χ0v) is 15.1. The number of sulfonamides is 1. The van der Waals surface area contributed by atoms with E-state index < -0.39 is 28.0 Å². The van der Waals surface area contributed by atoms with Gasteiger partial charge in [-0.3, -0.25) is 4.90 Å². The van der Waals surface area contributed by atoms with Crippen LogP contribution in [0, 0.1) is 5.82 Å². The number of nitrogens with one attached hydrogen (secondary N) is 1. The Morgan fingerprint density at radius 1 is 1.36 bits per heavy atom. The van der Waals surface area contributed by atoms with Crippen molar-refractivity contribution in [2.75, 3.05) is 18.0 Å². The highest BCUT2D eigenvalue weighted by molar-refractivity contribution is 7.91. The summed E-state index contributed by atoms with van der Waals surface area (Å²) in [6.07, 6.45) is -0.501. The standard InChI is InChI=1S/C16H17FN2O4S2/c1-2-14-6-7-15(24-14)25(21,22)18-9-13-10-19(16(20)23-13)12-5-3-4-11(17)8-12/h3-8,13,18H,2,9-10H2,1H3. The Labute approximate surface area is 149 Å². The minimum atomic E-state index is -3.64. The van der Waals surface area contributed by atoms with Gasteiger partial charge in [0.2, 0.25) is 10.0 Å². The van der Waals surface area contributed by atoms with E-state index >= 15 is 0 Å². The van der Waals surface area contributed by atoms with Gasteiger partial charge >= 0.3 is 6.09 Å². The molecule has 1 unspecified atom stereocenters. The van der Waals surface area contributed by atoms with E-state index in [1.807, 2.05) is 6.92 Å². The number of halogens is 1. The number of rotatable bonds is 6. The lowest BCUT2D eigenvalue weighted by atomic mass is 10.2. The van der Waals surface area contributed by atoms with Crippen LogP contribution in [0.3, 0.4) is 0 Å². The number of anilines is 1. The molecule has 1 aromatic heterocycles. The van der Waals surface area contributed by atoms with Gasteiger partial charge in [0.1, 0.15) is 16.1 Å². The van der Waals surface area contributed by atoms with E-state index in [9.17, 15) is 17.6 Å². The smallest absolute Gasteiger partial charge is 0.414 e. The molecule has 0 spiro atoms. The molecule has 3 rings (SSSR count). The summed E-state index contributed by atoms with van der Waals surface area (Å²) >= 11 is 1.21. The van der Waals surface area contributed by atoms with Crippen LogP contribution in [0.5, 0.6) is 0 Å². The minimum Gasteiger partial charge on any atom is -0.443 e. The summed E-state index contributed by atoms with van der Waals surface area (Å²) in [7, 11) is -3.64. The number of carbonyl (C=O) groups is 1. The molecule has 25 heavy (non-hydrogen) atoms. The molecule has 134 valence electrons. The lowest BCUT2D eigenvalue weighted by Crippen LogP contribution is -2.34. The number of benzene rings is 1. The molecule has 1 amide bonds. The van der Waals surface area contributed by atoms with Crippen LogP contribution in [0.2, 0.25) is 0 Å². The number of hydrogen-bond acceptors (Lipinski definition) is 5. The first kappa shape index (κ1) is 17.8. The Balaban J connectivity index is 1.63. The highest BCUT2D eigenvalue weighted by Crippen LogP contribution is 2.24. The zero-order valence-electron chi connectivity index (χ0n) is 13.4. The molecule has 9 heteroatoms. The molecular formula is C16H17FN2O4S2. The molecule has 0 aliphatic carbocycles. The molecule has 1 saturated heterocycles. The molecular weight excluding hydrogens is 367 g/mol. The highest BCUT2D eigenvalue weighted by Gasteiger charge is 2.33. The van der Waals surface area contributed by atoms with Crippen molar-refractivity contribution < 1.29 is 22.3 Å². The van der Waals surface area contributed by atoms with Crippen LogP contribution in [0.1, 0.15) is 11.8 Å². The fraction of sp³-hybridized carbons (Fsp3) is 0.312. The van der Waals surface area contributed by atoms with Crippen molar-refractivity contribution in [3.05, 3.63) is 47.1 Å². The topological polar surface area (TPSA) is 75.7 Å². The average molecular weight is 384 g/mol. The van der Waals surface area contributed by atoms with Crippen molar-refractivity contribution in [3.8, 4) is 0 Å². The predicted molar refractivity (Wildman–Crippen MR) is 92.9 cm³/mol. The van der Waals surface area contributed by atoms with Crippen LogP contribution in [0.4, 0.5) is 14.9 Å². The SMILES string of the molecule is CCc1ccc(S(=O)(=O)NCC2CN(c3cccc(F)c3)C(=O)O2)s1. The van der Waals surface area contributed by atoms with Crippen LogP contribution in [0.25, 0.3) is 0 Å². The maximum atomic E-state index is 13.3. The Bertz CT molecular complexity index is 882. The minimum absolute atomic E-state index is 0.0424. The Morgan fingerprint density at radius 3 is 2.84 bits per heavy atom. The third-order valence-corrected chi connectivity index (χ3v) is 6.89. The molecule has 0 saturated carbocycles. The van der Waals surface area contributed by atoms with Gasteiger partial charge in [-0.05, 0) is 36.8 Å². The summed E-state index contributed by atoms with van der Waals surface area (Å²) in [5.74, 6) is -0.459. The number of aryl methyl sites for hydroxylation is 1. The molecule has 1 fully saturated rings. The van der Waals surface area contributed by atoms with Crippen molar-refractivity contribution in [1.29, 1.82) is 0 Å². The first-order chi connectivity index (χ1) is 11.9. The summed E-state index contributed by atoms with van der Waals surface area (Å²) in [6.45, 7) is 2.06. The number of amides is 1. The van der Waals surface area contributed by atoms with E-state index in [0.29, 0.717) is 5.69 Å². The fourth-order valence-corrected chi connectivity index (χ4v) is 4.86. The summed E-state index contributed by atoms with van der Waals surface area (Å²) in [5.41, 5.74) is 0.376. The van der Waals surface area contributed by atoms with Gasteiger partial charge in [0.15, 0.2) is 0 Å². The zero-order chi connectivity index (χ0) is 18.0. The molecule has 1 N–H and O–H groups in total. The summed E-state index contributed by atoms with van der Waals surface area (Å²) in [5, 5.41) is 0. The molecule has 1 aliphatic heterocycles. The number of nitrogens with zero attached hydrogens (tertiary/aromatic N) is 1. The van der Waals surface area contributed by atoms with E-state index in [2.05, 4.69) is 4.72 Å². The number of cyclic esters (lactones) is 1. The lowest BCUT2D eigenvalue weighted by Gasteiger charge is -2.13. The number of thiophene rings is 1. The average Bonchev–Trinajstić information content (AvgIpc) is 3.20. The summed E-state index contributed by atoms with van der Waals surface area (Å²) in [4.78, 5) is 14.2. The maximum Gasteiger partial charge on any atom is 0.414 e. The second-order valence-electron chi connectivity index (χ2n) is 5.52. The lowest BCUT2D eigenvalue weighted by molar-refractivity contribution is 0.143. The highest BCUT2D eigenvalue weighted by atomic mass is 32.2. The molecule has 1 atom stereocenters. The van der Waals surface area contributed by atoms with Gasteiger partial charge in [-0.15, -0.1) is 11.3 Å². The van der Waals surface area contributed by atoms with Crippen molar-refractivity contribution in [1.82, 2.24) is 4.72 Å². The molecule has 6 nitrogen and oxygen atoms in total. The van der Waals surface area contributed by atoms with Gasteiger partial charge in [0.25, 0.3) is 0 Å². The van der Waals surface area contributed by atoms with Gasteiger partial charge in [-0.1, -0.05) is 13.0 Å². The molecule has 2 heterocycles. The van der Waals surface area contributed by atoms with Crippen LogP contribution in [-0.2, 0) is 21.2 Å². The van der Waals surface area contributed by atoms with Crippen molar-refractivity contribution >= 4 is 33.1 Å². The Hall–Kier alpha value is -1.97. The van der Waals surface area contributed by atoms with Crippen LogP contribution < -0.4 is 9.62 Å². The first-order valence-electron chi connectivity index (χ1n) is 7.71. The third kappa shape index (κ3) is 4.00. The van der Waals surface area contributed by atoms with E-state index in [1.54, 1.807) is 18.2 Å². The van der Waals surface area contributed by atoms with Crippen molar-refractivity contribution in [2.24, 2.45) is 0 Å². The first-order valence-corrected chi connectivity index (χ1v) is 10.0. The maximum absolute atomic E-state index is 13.3. The van der Waals surface area contributed by atoms with Crippen LogP contribution in [-0.4, -0.2) is 33.7 Å². The van der Waals surface area contributed by atoms with Crippen molar-refractivity contribution in [3.63, 3.8) is 0 Å². The van der Waals surface area contributed by atoms with Gasteiger partial charge in [0.05, 0.1) is 12.2 Å². The van der Waals surface area contributed by atoms with E-state index in [-0.39, 0.29) is 17.3 Å². The second-order valence-corrected chi connectivity index (χ2v) is 8.68. The van der Waals surface area contributed by atoms with E-state index in [0.717, 1.165) is 11.3 Å². The fourth-order valence-electron chi connectivity index (χ4n) is 2.45. The normalized spacial score (nSPS) is 17.8. The van der Waals surface area contributed by atoms with Gasteiger partial charge in [0, 0.05) is 11.4 Å². The number of carbonyl (C=O) groups excluding carboxylic acids is 1. The van der Waals surface area contributed by atoms with E-state index in [1.165, 1.54) is 34.4 Å². The van der Waals surface area contributed by atoms with Crippen LogP contribution in [0.15, 0.2) is 40.6 Å². The summed E-state index contributed by atoms with van der Waals surface area (Å²) in [6, 6.07) is 8.94. The molecule has 1 aromatic carbocycles. The molecule has 2 aromatic rings. The number of hydrogen-bond donors (Lipinski definition) is 1. The Morgan fingerprint density at radius 2 is 2.16 bits per heavy atom. The van der Waals surface area contributed by atoms with Gasteiger partial charge in [-0.2, -0.15) is 0 Å². The van der Waals surface area contributed by atoms with E-state index in [4.69, 9.17) is 4.74 Å². The largest absolute Gasteiger partial charge is 0.443 e. The third-order valence-electron chi connectivity index (χ3n) is 3.75. The Kier molecular flexibility index (Phi) is 5.07. The van der Waals surface area contributed by atoms with Gasteiger partial charge < -0.3 is 4.74 Å². The summed E-state index contributed by atoms with van der Waals surface area (Å²) < 4.78 is 45.7. The predicted octanol–water partition coefficient (Wildman–Crippen LogP) is 2.75. The monoisotopic (exact) mass is 384 g/mol. The van der Waals surface area contributed by atoms with Crippen LogP contribution >= 0.6 is 11.3 Å².